The van der Waals surface area contributed by atoms with Crippen molar-refractivity contribution in [3.05, 3.63) is 36.5 Å². The number of ether oxygens (including phenoxy) is 3. The lowest BCUT2D eigenvalue weighted by atomic mass is 9.99. The van der Waals surface area contributed by atoms with Gasteiger partial charge in [-0.05, 0) is 51.4 Å². The maximum atomic E-state index is 13.0. The van der Waals surface area contributed by atoms with Gasteiger partial charge in [-0.25, -0.2) is 0 Å². The van der Waals surface area contributed by atoms with Crippen LogP contribution in [0.25, 0.3) is 0 Å². The fraction of sp³-hybridized carbons (Fsp3) is 0.875. The number of hydrogen-bond donors (Lipinski definition) is 6. The molecule has 75 heavy (non-hydrogen) atoms. The summed E-state index contributed by atoms with van der Waals surface area (Å²) in [6, 6.07) is -0.812. The van der Waals surface area contributed by atoms with Crippen LogP contribution in [-0.2, 0) is 23.8 Å². The van der Waals surface area contributed by atoms with Crippen LogP contribution in [0.2, 0.25) is 0 Å². The van der Waals surface area contributed by atoms with Gasteiger partial charge in [-0.2, -0.15) is 0 Å². The molecule has 0 bridgehead atoms. The Hall–Kier alpha value is -2.12. The van der Waals surface area contributed by atoms with Gasteiger partial charge >= 0.3 is 5.97 Å². The molecule has 1 saturated heterocycles. The molecule has 1 fully saturated rings. The maximum absolute atomic E-state index is 13.0. The summed E-state index contributed by atoms with van der Waals surface area (Å²) in [5.74, 6) is -0.233. The number of nitrogens with one attached hydrogen (secondary N) is 1. The number of aliphatic hydroxyl groups is 5. The zero-order valence-electron chi connectivity index (χ0n) is 48.5. The van der Waals surface area contributed by atoms with E-state index < -0.39 is 49.5 Å². The fourth-order valence-corrected chi connectivity index (χ4v) is 9.98. The Morgan fingerprint density at radius 1 is 0.493 bits per heavy atom. The Morgan fingerprint density at radius 3 is 1.35 bits per heavy atom. The first-order chi connectivity index (χ1) is 36.7. The largest absolute Gasteiger partial charge is 0.465 e. The van der Waals surface area contributed by atoms with Gasteiger partial charge in [0, 0.05) is 12.8 Å². The summed E-state index contributed by atoms with van der Waals surface area (Å²) < 4.78 is 16.6. The molecule has 0 spiro atoms. The molecule has 6 N–H and O–H groups in total. The van der Waals surface area contributed by atoms with E-state index in [0.29, 0.717) is 19.4 Å². The SMILES string of the molecule is CCCCCCCCC/C=C/C(O)C(COC1OC(CO)C(O)C(O)C1O)NC(=O)CCCCCCCCCCCCCCCC/C=C\C/C=C\CCOC(=O)CCCCCCCCCCCCCCCCCCC. The molecule has 0 aliphatic carbocycles. The second-order valence-corrected chi connectivity index (χ2v) is 22.1. The van der Waals surface area contributed by atoms with E-state index in [1.807, 2.05) is 6.08 Å². The molecule has 0 radical (unpaired) electrons. The van der Waals surface area contributed by atoms with Crippen LogP contribution in [0.1, 0.15) is 296 Å². The molecule has 440 valence electrons. The second kappa shape index (κ2) is 53.9. The van der Waals surface area contributed by atoms with Crippen LogP contribution in [0.3, 0.4) is 0 Å². The van der Waals surface area contributed by atoms with Crippen molar-refractivity contribution in [3.63, 3.8) is 0 Å². The highest BCUT2D eigenvalue weighted by Gasteiger charge is 2.44. The van der Waals surface area contributed by atoms with Crippen LogP contribution in [-0.4, -0.2) is 100 Å². The van der Waals surface area contributed by atoms with E-state index in [4.69, 9.17) is 14.2 Å². The van der Waals surface area contributed by atoms with E-state index in [0.717, 1.165) is 70.6 Å². The highest BCUT2D eigenvalue weighted by Crippen LogP contribution is 2.23. The standard InChI is InChI=1S/C64H119NO10/c1-3-5-7-9-11-13-14-15-16-22-26-29-32-36-40-44-48-52-60(69)73-53-49-45-41-37-33-30-27-24-21-19-17-18-20-23-25-28-31-35-39-43-47-51-59(68)65-56(57(67)50-46-42-38-34-12-10-8-6-4-2)55-74-64-63(72)62(71)61(70)58(54-66)75-64/h30,33,41,45-46,50,56-58,61-64,66-67,70-72H,3-29,31-32,34-40,42-44,47-49,51-55H2,1-2H3,(H,65,68)/b33-30-,45-41-,50-46+. The third kappa shape index (κ3) is 43.4. The molecule has 0 aromatic rings. The topological polar surface area (TPSA) is 175 Å². The monoisotopic (exact) mass is 1060 g/mol. The van der Waals surface area contributed by atoms with E-state index in [1.54, 1.807) is 6.08 Å². The average Bonchev–Trinajstić information content (AvgIpc) is 3.41. The van der Waals surface area contributed by atoms with E-state index in [2.05, 4.69) is 43.5 Å². The first kappa shape index (κ1) is 70.9. The highest BCUT2D eigenvalue weighted by atomic mass is 16.7. The van der Waals surface area contributed by atoms with Gasteiger partial charge in [0.05, 0.1) is 32.0 Å². The van der Waals surface area contributed by atoms with Crippen LogP contribution in [0.5, 0.6) is 0 Å². The van der Waals surface area contributed by atoms with Crippen molar-refractivity contribution < 1.29 is 49.3 Å². The predicted octanol–water partition coefficient (Wildman–Crippen LogP) is 15.1. The van der Waals surface area contributed by atoms with Gasteiger partial charge in [0.25, 0.3) is 0 Å². The molecule has 1 rings (SSSR count). The summed E-state index contributed by atoms with van der Waals surface area (Å²) in [6.45, 7) is 4.22. The van der Waals surface area contributed by atoms with Crippen molar-refractivity contribution in [2.45, 2.75) is 339 Å². The van der Waals surface area contributed by atoms with Crippen LogP contribution in [0.15, 0.2) is 36.5 Å². The lowest BCUT2D eigenvalue weighted by Crippen LogP contribution is -2.60. The van der Waals surface area contributed by atoms with Crippen LogP contribution in [0, 0.1) is 0 Å². The molecule has 1 heterocycles. The number of allylic oxidation sites excluding steroid dienone is 4. The molecule has 1 amide bonds. The Kier molecular flexibility index (Phi) is 50.9. The Labute approximate surface area is 460 Å². The molecule has 0 aromatic carbocycles. The van der Waals surface area contributed by atoms with Gasteiger partial charge in [0.15, 0.2) is 6.29 Å². The van der Waals surface area contributed by atoms with Crippen LogP contribution >= 0.6 is 0 Å². The summed E-state index contributed by atoms with van der Waals surface area (Å²) in [6.07, 6.45) is 57.1. The number of carbonyl (C=O) groups is 2. The average molecular weight is 1060 g/mol. The van der Waals surface area contributed by atoms with E-state index >= 15 is 0 Å². The molecule has 11 nitrogen and oxygen atoms in total. The Morgan fingerprint density at radius 2 is 0.893 bits per heavy atom. The molecular weight excluding hydrogens is 943 g/mol. The molecular formula is C64H119NO10. The van der Waals surface area contributed by atoms with Crippen LogP contribution in [0.4, 0.5) is 0 Å². The zero-order chi connectivity index (χ0) is 54.5. The Balaban J connectivity index is 2.00. The maximum Gasteiger partial charge on any atom is 0.305 e. The van der Waals surface area contributed by atoms with Gasteiger partial charge in [-0.1, -0.05) is 269 Å². The summed E-state index contributed by atoms with van der Waals surface area (Å²) in [4.78, 5) is 25.1. The smallest absolute Gasteiger partial charge is 0.305 e. The lowest BCUT2D eigenvalue weighted by Gasteiger charge is -2.40. The van der Waals surface area contributed by atoms with E-state index in [-0.39, 0.29) is 18.5 Å². The number of unbranched alkanes of at least 4 members (excludes halogenated alkanes) is 37. The van der Waals surface area contributed by atoms with Gasteiger partial charge in [0.1, 0.15) is 24.4 Å². The minimum atomic E-state index is -1.57. The molecule has 7 unspecified atom stereocenters. The van der Waals surface area contributed by atoms with E-state index in [9.17, 15) is 35.1 Å². The van der Waals surface area contributed by atoms with Gasteiger partial charge < -0.3 is 45.1 Å². The van der Waals surface area contributed by atoms with Gasteiger partial charge in [0.2, 0.25) is 5.91 Å². The Bertz CT molecular complexity index is 1340. The van der Waals surface area contributed by atoms with Crippen molar-refractivity contribution in [2.75, 3.05) is 19.8 Å². The van der Waals surface area contributed by atoms with Crippen molar-refractivity contribution in [2.24, 2.45) is 0 Å². The molecule has 0 saturated carbocycles. The minimum absolute atomic E-state index is 0.0445. The summed E-state index contributed by atoms with van der Waals surface area (Å²) in [5.41, 5.74) is 0. The number of esters is 1. The molecule has 1 aliphatic rings. The number of hydrogen-bond acceptors (Lipinski definition) is 10. The number of amides is 1. The normalized spacial score (nSPS) is 18.9. The third-order valence-electron chi connectivity index (χ3n) is 15.0. The number of rotatable bonds is 55. The first-order valence-electron chi connectivity index (χ1n) is 31.8. The summed E-state index contributed by atoms with van der Waals surface area (Å²) in [5, 5.41) is 54.2. The van der Waals surface area contributed by atoms with Crippen molar-refractivity contribution in [3.8, 4) is 0 Å². The quantitative estimate of drug-likeness (QED) is 0.0195. The fourth-order valence-electron chi connectivity index (χ4n) is 9.98. The van der Waals surface area contributed by atoms with Gasteiger partial charge in [-0.3, -0.25) is 9.59 Å². The first-order valence-corrected chi connectivity index (χ1v) is 31.8. The minimum Gasteiger partial charge on any atom is -0.465 e. The van der Waals surface area contributed by atoms with Crippen LogP contribution < -0.4 is 5.32 Å². The molecule has 7 atom stereocenters. The lowest BCUT2D eigenvalue weighted by molar-refractivity contribution is -0.302. The van der Waals surface area contributed by atoms with Crippen molar-refractivity contribution >= 4 is 11.9 Å². The predicted molar refractivity (Wildman–Crippen MR) is 311 cm³/mol. The third-order valence-corrected chi connectivity index (χ3v) is 15.0. The second-order valence-electron chi connectivity index (χ2n) is 22.1. The summed E-state index contributed by atoms with van der Waals surface area (Å²) >= 11 is 0. The van der Waals surface area contributed by atoms with E-state index in [1.165, 1.54) is 199 Å². The highest BCUT2D eigenvalue weighted by molar-refractivity contribution is 5.76. The zero-order valence-corrected chi connectivity index (χ0v) is 48.5. The molecule has 11 heteroatoms. The number of carbonyl (C=O) groups excluding carboxylic acids is 2. The summed E-state index contributed by atoms with van der Waals surface area (Å²) in [7, 11) is 0. The molecule has 0 aromatic heterocycles. The van der Waals surface area contributed by atoms with Gasteiger partial charge in [-0.15, -0.1) is 0 Å². The molecule has 1 aliphatic heterocycles. The van der Waals surface area contributed by atoms with Crippen molar-refractivity contribution in [1.29, 1.82) is 0 Å². The number of aliphatic hydroxyl groups excluding tert-OH is 5. The van der Waals surface area contributed by atoms with Crippen molar-refractivity contribution in [1.82, 2.24) is 5.32 Å².